The van der Waals surface area contributed by atoms with Gasteiger partial charge in [0.15, 0.2) is 0 Å². The number of para-hydroxylation sites is 1. The zero-order valence-electron chi connectivity index (χ0n) is 16.5. The van der Waals surface area contributed by atoms with Crippen molar-refractivity contribution in [2.45, 2.75) is 6.04 Å². The van der Waals surface area contributed by atoms with Gasteiger partial charge in [0.05, 0.1) is 22.0 Å². The van der Waals surface area contributed by atoms with Gasteiger partial charge in [0, 0.05) is 12.1 Å². The number of nitro benzene ring substituents is 1. The fraction of sp³-hybridized carbons (Fsp3) is 0.0870. The van der Waals surface area contributed by atoms with Crippen LogP contribution in [0.3, 0.4) is 0 Å². The lowest BCUT2D eigenvalue weighted by Gasteiger charge is -2.22. The number of hydrogen-bond donors (Lipinski definition) is 0. The maximum absolute atomic E-state index is 13.4. The summed E-state index contributed by atoms with van der Waals surface area (Å²) < 4.78 is 13.4. The average molecular weight is 430 g/mol. The molecule has 1 fully saturated rings. The van der Waals surface area contributed by atoms with E-state index in [1.165, 1.54) is 53.5 Å². The van der Waals surface area contributed by atoms with E-state index in [2.05, 4.69) is 5.10 Å². The van der Waals surface area contributed by atoms with E-state index in [1.54, 1.807) is 24.3 Å². The van der Waals surface area contributed by atoms with Gasteiger partial charge < -0.3 is 0 Å². The Labute approximate surface area is 181 Å². The van der Waals surface area contributed by atoms with Crippen LogP contribution in [0.2, 0.25) is 0 Å². The van der Waals surface area contributed by atoms with Crippen LogP contribution in [0, 0.1) is 21.8 Å². The van der Waals surface area contributed by atoms with Crippen LogP contribution in [0.5, 0.6) is 0 Å². The van der Waals surface area contributed by atoms with Crippen molar-refractivity contribution in [3.05, 3.63) is 100 Å². The molecule has 0 radical (unpaired) electrons. The largest absolute Gasteiger partial charge is 0.273 e. The Balaban J connectivity index is 1.61. The first-order valence-electron chi connectivity index (χ1n) is 9.76. The fourth-order valence-corrected chi connectivity index (χ4v) is 4.05. The van der Waals surface area contributed by atoms with Crippen LogP contribution in [-0.4, -0.2) is 28.5 Å². The number of imide groups is 1. The second kappa shape index (κ2) is 7.38. The molecule has 2 heterocycles. The Kier molecular flexibility index (Phi) is 4.51. The number of hydrogen-bond acceptors (Lipinski definition) is 6. The first-order valence-corrected chi connectivity index (χ1v) is 9.76. The number of halogens is 1. The third-order valence-electron chi connectivity index (χ3n) is 5.53. The van der Waals surface area contributed by atoms with Gasteiger partial charge in [0.1, 0.15) is 17.8 Å². The first-order chi connectivity index (χ1) is 15.5. The Morgan fingerprint density at radius 2 is 1.50 bits per heavy atom. The topological polar surface area (TPSA) is 96.1 Å². The van der Waals surface area contributed by atoms with E-state index in [4.69, 9.17) is 0 Å². The molecule has 2 aliphatic rings. The second-order valence-corrected chi connectivity index (χ2v) is 7.38. The third-order valence-corrected chi connectivity index (χ3v) is 5.53. The van der Waals surface area contributed by atoms with Crippen LogP contribution in [0.15, 0.2) is 84.0 Å². The van der Waals surface area contributed by atoms with Crippen LogP contribution in [-0.2, 0) is 9.59 Å². The number of carbonyl (C=O) groups excluding carboxylic acids is 2. The minimum atomic E-state index is -0.917. The molecule has 32 heavy (non-hydrogen) atoms. The summed E-state index contributed by atoms with van der Waals surface area (Å²) in [5.74, 6) is -2.35. The molecule has 3 aromatic carbocycles. The van der Waals surface area contributed by atoms with Crippen LogP contribution in [0.4, 0.5) is 21.5 Å². The molecule has 2 atom stereocenters. The maximum Gasteiger partial charge on any atom is 0.269 e. The maximum atomic E-state index is 13.4. The summed E-state index contributed by atoms with van der Waals surface area (Å²) >= 11 is 0. The fourth-order valence-electron chi connectivity index (χ4n) is 4.05. The van der Waals surface area contributed by atoms with Gasteiger partial charge in [-0.15, -0.1) is 0 Å². The van der Waals surface area contributed by atoms with Gasteiger partial charge >= 0.3 is 0 Å². The number of carbonyl (C=O) groups is 2. The molecule has 0 N–H and O–H groups in total. The van der Waals surface area contributed by atoms with Crippen molar-refractivity contribution in [3.8, 4) is 0 Å². The number of rotatable bonds is 4. The number of nitro groups is 1. The van der Waals surface area contributed by atoms with Crippen molar-refractivity contribution in [2.75, 3.05) is 9.91 Å². The van der Waals surface area contributed by atoms with Crippen molar-refractivity contribution in [1.29, 1.82) is 0 Å². The van der Waals surface area contributed by atoms with Crippen LogP contribution < -0.4 is 9.91 Å². The molecule has 158 valence electrons. The molecule has 2 aliphatic heterocycles. The Hall–Kier alpha value is -4.40. The smallest absolute Gasteiger partial charge is 0.269 e. The summed E-state index contributed by atoms with van der Waals surface area (Å²) in [6.07, 6.45) is 0. The molecular weight excluding hydrogens is 415 g/mol. The zero-order valence-corrected chi connectivity index (χ0v) is 16.5. The highest BCUT2D eigenvalue weighted by atomic mass is 19.1. The van der Waals surface area contributed by atoms with E-state index >= 15 is 0 Å². The first kappa shape index (κ1) is 19.6. The molecular formula is C23H15FN4O4. The van der Waals surface area contributed by atoms with Crippen LogP contribution >= 0.6 is 0 Å². The van der Waals surface area contributed by atoms with Gasteiger partial charge in [-0.2, -0.15) is 5.10 Å². The quantitative estimate of drug-likeness (QED) is 0.359. The molecule has 5 rings (SSSR count). The average Bonchev–Trinajstić information content (AvgIpc) is 3.32. The highest BCUT2D eigenvalue weighted by Gasteiger charge is 2.57. The molecule has 0 aliphatic carbocycles. The lowest BCUT2D eigenvalue weighted by atomic mass is 9.92. The second-order valence-electron chi connectivity index (χ2n) is 7.38. The molecule has 8 nitrogen and oxygen atoms in total. The summed E-state index contributed by atoms with van der Waals surface area (Å²) in [7, 11) is 0. The minimum absolute atomic E-state index is 0.0921. The lowest BCUT2D eigenvalue weighted by molar-refractivity contribution is -0.384. The van der Waals surface area contributed by atoms with Crippen molar-refractivity contribution in [3.63, 3.8) is 0 Å². The van der Waals surface area contributed by atoms with Crippen molar-refractivity contribution in [2.24, 2.45) is 11.0 Å². The number of fused-ring (bicyclic) bond motifs is 1. The van der Waals surface area contributed by atoms with Crippen molar-refractivity contribution < 1.29 is 18.9 Å². The molecule has 0 aromatic heterocycles. The van der Waals surface area contributed by atoms with Gasteiger partial charge in [-0.05, 0) is 54.1 Å². The monoisotopic (exact) mass is 430 g/mol. The van der Waals surface area contributed by atoms with Crippen molar-refractivity contribution >= 4 is 34.6 Å². The summed E-state index contributed by atoms with van der Waals surface area (Å²) in [5.41, 5.74) is 1.65. The summed E-state index contributed by atoms with van der Waals surface area (Å²) in [4.78, 5) is 38.3. The molecule has 2 unspecified atom stereocenters. The lowest BCUT2D eigenvalue weighted by Crippen LogP contribution is -2.39. The number of nitrogens with zero attached hydrogens (tertiary/aromatic N) is 4. The molecule has 1 saturated heterocycles. The van der Waals surface area contributed by atoms with Gasteiger partial charge in [-0.1, -0.05) is 18.2 Å². The number of amides is 2. The number of hydrazone groups is 1. The zero-order chi connectivity index (χ0) is 22.4. The Morgan fingerprint density at radius 3 is 2.12 bits per heavy atom. The molecule has 3 aromatic rings. The van der Waals surface area contributed by atoms with Crippen LogP contribution in [0.25, 0.3) is 0 Å². The highest BCUT2D eigenvalue weighted by Crippen LogP contribution is 2.39. The van der Waals surface area contributed by atoms with E-state index in [-0.39, 0.29) is 11.4 Å². The van der Waals surface area contributed by atoms with Gasteiger partial charge in [0.25, 0.3) is 11.6 Å². The Morgan fingerprint density at radius 1 is 0.844 bits per heavy atom. The highest BCUT2D eigenvalue weighted by molar-refractivity contribution is 6.34. The third kappa shape index (κ3) is 3.02. The summed E-state index contributed by atoms with van der Waals surface area (Å²) in [6.45, 7) is 0. The van der Waals surface area contributed by atoms with E-state index in [0.29, 0.717) is 17.0 Å². The van der Waals surface area contributed by atoms with Gasteiger partial charge in [-0.25, -0.2) is 9.29 Å². The van der Waals surface area contributed by atoms with E-state index in [1.807, 2.05) is 6.07 Å². The number of anilines is 2. The molecule has 0 spiro atoms. The number of non-ortho nitro benzene ring substituents is 1. The summed E-state index contributed by atoms with van der Waals surface area (Å²) in [5, 5.41) is 17.1. The SMILES string of the molecule is O=C1C2C(c3ccc([N+](=O)[O-])cc3)=NN(c3ccccc3)C2C(=O)N1c1ccc(F)cc1. The van der Waals surface area contributed by atoms with E-state index in [0.717, 1.165) is 4.90 Å². The van der Waals surface area contributed by atoms with E-state index in [9.17, 15) is 24.1 Å². The van der Waals surface area contributed by atoms with Gasteiger partial charge in [0.2, 0.25) is 5.91 Å². The molecule has 9 heteroatoms. The van der Waals surface area contributed by atoms with Gasteiger partial charge in [-0.3, -0.25) is 24.7 Å². The van der Waals surface area contributed by atoms with E-state index < -0.39 is 34.5 Å². The predicted octanol–water partition coefficient (Wildman–Crippen LogP) is 3.52. The van der Waals surface area contributed by atoms with Crippen molar-refractivity contribution in [1.82, 2.24) is 0 Å². The molecule has 0 bridgehead atoms. The Bertz CT molecular complexity index is 1260. The number of benzene rings is 3. The summed E-state index contributed by atoms with van der Waals surface area (Å²) in [6, 6.07) is 18.9. The molecule has 2 amide bonds. The normalized spacial score (nSPS) is 19.8. The van der Waals surface area contributed by atoms with Crippen LogP contribution in [0.1, 0.15) is 5.56 Å². The minimum Gasteiger partial charge on any atom is -0.273 e. The standard InChI is InChI=1S/C23H15FN4O4/c24-15-8-12-16(13-9-15)26-22(29)19-20(14-6-10-18(11-7-14)28(31)32)25-27(21(19)23(26)30)17-4-2-1-3-5-17/h1-13,19,21H. The predicted molar refractivity (Wildman–Crippen MR) is 115 cm³/mol. The molecule has 0 saturated carbocycles.